The summed E-state index contributed by atoms with van der Waals surface area (Å²) in [6.07, 6.45) is 2.19. The van der Waals surface area contributed by atoms with Crippen LogP contribution in [0.4, 0.5) is 0 Å². The summed E-state index contributed by atoms with van der Waals surface area (Å²) in [4.78, 5) is 11.8. The molecule has 1 N–H and O–H groups in total. The Morgan fingerprint density at radius 1 is 1.38 bits per heavy atom. The molecule has 110 valence electrons. The van der Waals surface area contributed by atoms with Crippen LogP contribution in [-0.2, 0) is 4.79 Å². The van der Waals surface area contributed by atoms with Gasteiger partial charge in [-0.3, -0.25) is 4.79 Å². The Morgan fingerprint density at radius 3 is 2.76 bits per heavy atom. The van der Waals surface area contributed by atoms with Crippen molar-refractivity contribution in [3.8, 4) is 5.69 Å². The van der Waals surface area contributed by atoms with E-state index < -0.39 is 0 Å². The molecular weight excluding hydrogens is 286 g/mol. The molecule has 1 aliphatic carbocycles. The minimum Gasteiger partial charge on any atom is -0.353 e. The first-order valence-corrected chi connectivity index (χ1v) is 7.91. The molecular formula is C14H17N5OS. The second kappa shape index (κ2) is 5.85. The van der Waals surface area contributed by atoms with Crippen molar-refractivity contribution in [3.63, 3.8) is 0 Å². The van der Waals surface area contributed by atoms with Crippen LogP contribution in [0.3, 0.4) is 0 Å². The summed E-state index contributed by atoms with van der Waals surface area (Å²) in [5.41, 5.74) is 3.19. The number of hydrogen-bond donors (Lipinski definition) is 1. The van der Waals surface area contributed by atoms with Crippen LogP contribution in [0.25, 0.3) is 5.69 Å². The van der Waals surface area contributed by atoms with Crippen LogP contribution in [0.5, 0.6) is 0 Å². The normalized spacial score (nSPS) is 14.2. The molecule has 6 nitrogen and oxygen atoms in total. The van der Waals surface area contributed by atoms with E-state index in [-0.39, 0.29) is 5.91 Å². The van der Waals surface area contributed by atoms with E-state index in [9.17, 15) is 4.79 Å². The molecule has 1 saturated carbocycles. The zero-order valence-electron chi connectivity index (χ0n) is 12.0. The van der Waals surface area contributed by atoms with E-state index in [1.54, 1.807) is 4.68 Å². The third-order valence-electron chi connectivity index (χ3n) is 3.37. The van der Waals surface area contributed by atoms with E-state index >= 15 is 0 Å². The molecule has 7 heteroatoms. The maximum atomic E-state index is 11.8. The average Bonchev–Trinajstić information content (AvgIpc) is 3.13. The average molecular weight is 303 g/mol. The van der Waals surface area contributed by atoms with Gasteiger partial charge in [-0.15, -0.1) is 5.10 Å². The molecule has 0 saturated heterocycles. The highest BCUT2D eigenvalue weighted by Gasteiger charge is 2.23. The number of aromatic nitrogens is 4. The molecule has 3 rings (SSSR count). The van der Waals surface area contributed by atoms with Gasteiger partial charge in [-0.1, -0.05) is 30.0 Å². The standard InChI is InChI=1S/C14H17N5OS/c1-9-4-3-5-10(2)13(9)19-14(16-17-18-19)21-8-12(20)15-11-6-7-11/h3-5,11H,6-8H2,1-2H3,(H,15,20). The molecule has 0 atom stereocenters. The predicted molar refractivity (Wildman–Crippen MR) is 80.5 cm³/mol. The van der Waals surface area contributed by atoms with E-state index in [1.807, 2.05) is 32.0 Å². The molecule has 0 aliphatic heterocycles. The number of para-hydroxylation sites is 1. The number of amides is 1. The van der Waals surface area contributed by atoms with Crippen molar-refractivity contribution in [1.29, 1.82) is 0 Å². The third kappa shape index (κ3) is 3.24. The minimum absolute atomic E-state index is 0.0403. The van der Waals surface area contributed by atoms with E-state index in [0.717, 1.165) is 29.7 Å². The van der Waals surface area contributed by atoms with Gasteiger partial charge in [-0.05, 0) is 48.2 Å². The topological polar surface area (TPSA) is 72.7 Å². The van der Waals surface area contributed by atoms with Gasteiger partial charge in [0.1, 0.15) is 0 Å². The summed E-state index contributed by atoms with van der Waals surface area (Å²) in [7, 11) is 0. The van der Waals surface area contributed by atoms with Gasteiger partial charge in [0.15, 0.2) is 0 Å². The largest absolute Gasteiger partial charge is 0.353 e. The molecule has 2 aromatic rings. The second-order valence-corrected chi connectivity index (χ2v) is 6.19. The van der Waals surface area contributed by atoms with Gasteiger partial charge in [0, 0.05) is 6.04 Å². The summed E-state index contributed by atoms with van der Waals surface area (Å²) in [5.74, 6) is 0.375. The van der Waals surface area contributed by atoms with Crippen molar-refractivity contribution in [2.45, 2.75) is 37.9 Å². The predicted octanol–water partition coefficient (Wildman–Crippen LogP) is 1.65. The Hall–Kier alpha value is -1.89. The number of benzene rings is 1. The maximum Gasteiger partial charge on any atom is 0.230 e. The van der Waals surface area contributed by atoms with Crippen molar-refractivity contribution >= 4 is 17.7 Å². The summed E-state index contributed by atoms with van der Waals surface area (Å²) in [6, 6.07) is 6.44. The van der Waals surface area contributed by atoms with Crippen LogP contribution in [0.15, 0.2) is 23.4 Å². The lowest BCUT2D eigenvalue weighted by Gasteiger charge is -2.10. The molecule has 1 aromatic carbocycles. The Balaban J connectivity index is 1.75. The third-order valence-corrected chi connectivity index (χ3v) is 4.29. The van der Waals surface area contributed by atoms with Gasteiger partial charge < -0.3 is 5.32 Å². The zero-order chi connectivity index (χ0) is 14.8. The number of aryl methyl sites for hydroxylation is 2. The van der Waals surface area contributed by atoms with Gasteiger partial charge in [0.2, 0.25) is 11.1 Å². The molecule has 1 aliphatic rings. The highest BCUT2D eigenvalue weighted by atomic mass is 32.2. The van der Waals surface area contributed by atoms with E-state index in [1.165, 1.54) is 11.8 Å². The summed E-state index contributed by atoms with van der Waals surface area (Å²) >= 11 is 1.36. The Bertz CT molecular complexity index is 645. The number of hydrogen-bond acceptors (Lipinski definition) is 5. The highest BCUT2D eigenvalue weighted by Crippen LogP contribution is 2.24. The number of carbonyl (C=O) groups excluding carboxylic acids is 1. The molecule has 1 heterocycles. The van der Waals surface area contributed by atoms with Crippen LogP contribution < -0.4 is 5.32 Å². The molecule has 21 heavy (non-hydrogen) atoms. The first-order chi connectivity index (χ1) is 10.1. The maximum absolute atomic E-state index is 11.8. The van der Waals surface area contributed by atoms with Gasteiger partial charge in [0.25, 0.3) is 0 Å². The van der Waals surface area contributed by atoms with Crippen molar-refractivity contribution in [2.75, 3.05) is 5.75 Å². The zero-order valence-corrected chi connectivity index (χ0v) is 12.9. The number of tetrazole rings is 1. The van der Waals surface area contributed by atoms with Crippen LogP contribution in [0.1, 0.15) is 24.0 Å². The SMILES string of the molecule is Cc1cccc(C)c1-n1nnnc1SCC(=O)NC1CC1. The number of nitrogens with one attached hydrogen (secondary N) is 1. The molecule has 0 unspecified atom stereocenters. The number of rotatable bonds is 5. The molecule has 1 aromatic heterocycles. The van der Waals surface area contributed by atoms with Crippen molar-refractivity contribution in [2.24, 2.45) is 0 Å². The van der Waals surface area contributed by atoms with Crippen LogP contribution >= 0.6 is 11.8 Å². The van der Waals surface area contributed by atoms with Crippen molar-refractivity contribution < 1.29 is 4.79 Å². The fourth-order valence-corrected chi connectivity index (χ4v) is 2.86. The molecule has 1 amide bonds. The molecule has 0 bridgehead atoms. The fraction of sp³-hybridized carbons (Fsp3) is 0.429. The number of carbonyl (C=O) groups is 1. The van der Waals surface area contributed by atoms with Crippen LogP contribution in [-0.4, -0.2) is 37.9 Å². The van der Waals surface area contributed by atoms with Gasteiger partial charge in [-0.25, -0.2) is 0 Å². The van der Waals surface area contributed by atoms with E-state index in [4.69, 9.17) is 0 Å². The van der Waals surface area contributed by atoms with E-state index in [2.05, 4.69) is 20.8 Å². The van der Waals surface area contributed by atoms with Crippen molar-refractivity contribution in [1.82, 2.24) is 25.5 Å². The number of thioether (sulfide) groups is 1. The molecule has 1 fully saturated rings. The number of nitrogens with zero attached hydrogens (tertiary/aromatic N) is 4. The summed E-state index contributed by atoms with van der Waals surface area (Å²) in [6.45, 7) is 4.05. The summed E-state index contributed by atoms with van der Waals surface area (Å²) < 4.78 is 1.71. The van der Waals surface area contributed by atoms with Crippen molar-refractivity contribution in [3.05, 3.63) is 29.3 Å². The lowest BCUT2D eigenvalue weighted by molar-refractivity contribution is -0.118. The quantitative estimate of drug-likeness (QED) is 0.850. The lowest BCUT2D eigenvalue weighted by Crippen LogP contribution is -2.27. The molecule has 0 spiro atoms. The second-order valence-electron chi connectivity index (χ2n) is 5.24. The Morgan fingerprint density at radius 2 is 2.10 bits per heavy atom. The Labute approximate surface area is 127 Å². The Kier molecular flexibility index (Phi) is 3.92. The summed E-state index contributed by atoms with van der Waals surface area (Å²) in [5, 5.41) is 15.4. The monoisotopic (exact) mass is 303 g/mol. The van der Waals surface area contributed by atoms with Gasteiger partial charge in [0.05, 0.1) is 11.4 Å². The van der Waals surface area contributed by atoms with E-state index in [0.29, 0.717) is 17.0 Å². The lowest BCUT2D eigenvalue weighted by atomic mass is 10.1. The first-order valence-electron chi connectivity index (χ1n) is 6.92. The van der Waals surface area contributed by atoms with Gasteiger partial charge in [-0.2, -0.15) is 4.68 Å². The smallest absolute Gasteiger partial charge is 0.230 e. The van der Waals surface area contributed by atoms with Crippen LogP contribution in [0, 0.1) is 13.8 Å². The molecule has 0 radical (unpaired) electrons. The highest BCUT2D eigenvalue weighted by molar-refractivity contribution is 7.99. The first kappa shape index (κ1) is 14.1. The van der Waals surface area contributed by atoms with Crippen LogP contribution in [0.2, 0.25) is 0 Å². The minimum atomic E-state index is 0.0403. The van der Waals surface area contributed by atoms with Gasteiger partial charge >= 0.3 is 0 Å². The fourth-order valence-electron chi connectivity index (χ4n) is 2.18.